The SMILES string of the molecule is CCCNC(CCC(C)C)c1cnnn1-c1ccccc1. The average molecular weight is 286 g/mol. The molecule has 0 spiro atoms. The molecule has 2 aromatic rings. The average Bonchev–Trinajstić information content (AvgIpc) is 2.97. The monoisotopic (exact) mass is 286 g/mol. The first-order chi connectivity index (χ1) is 10.2. The molecule has 1 heterocycles. The van der Waals surface area contributed by atoms with Crippen LogP contribution in [0.4, 0.5) is 0 Å². The minimum atomic E-state index is 0.308. The summed E-state index contributed by atoms with van der Waals surface area (Å²) < 4.78 is 1.95. The van der Waals surface area contributed by atoms with Crippen molar-refractivity contribution in [2.75, 3.05) is 6.54 Å². The first-order valence-electron chi connectivity index (χ1n) is 7.91. The Morgan fingerprint density at radius 3 is 2.57 bits per heavy atom. The topological polar surface area (TPSA) is 42.7 Å². The maximum Gasteiger partial charge on any atom is 0.0815 e. The van der Waals surface area contributed by atoms with Crippen LogP contribution in [-0.4, -0.2) is 21.5 Å². The van der Waals surface area contributed by atoms with Gasteiger partial charge in [-0.05, 0) is 43.9 Å². The Morgan fingerprint density at radius 2 is 1.90 bits per heavy atom. The Morgan fingerprint density at radius 1 is 1.14 bits per heavy atom. The summed E-state index contributed by atoms with van der Waals surface area (Å²) in [6, 6.07) is 10.5. The van der Waals surface area contributed by atoms with Gasteiger partial charge in [-0.2, -0.15) is 0 Å². The molecule has 4 heteroatoms. The fourth-order valence-corrected chi connectivity index (χ4v) is 2.42. The van der Waals surface area contributed by atoms with Crippen molar-refractivity contribution in [3.05, 3.63) is 42.2 Å². The Hall–Kier alpha value is -1.68. The van der Waals surface area contributed by atoms with E-state index in [-0.39, 0.29) is 0 Å². The van der Waals surface area contributed by atoms with Gasteiger partial charge in [-0.25, -0.2) is 4.68 Å². The van der Waals surface area contributed by atoms with E-state index < -0.39 is 0 Å². The molecule has 0 aliphatic rings. The van der Waals surface area contributed by atoms with Gasteiger partial charge in [0, 0.05) is 0 Å². The minimum absolute atomic E-state index is 0.308. The fraction of sp³-hybridized carbons (Fsp3) is 0.529. The zero-order valence-corrected chi connectivity index (χ0v) is 13.3. The summed E-state index contributed by atoms with van der Waals surface area (Å²) in [5.74, 6) is 0.706. The van der Waals surface area contributed by atoms with Crippen LogP contribution in [0, 0.1) is 5.92 Å². The quantitative estimate of drug-likeness (QED) is 0.803. The second-order valence-electron chi connectivity index (χ2n) is 5.88. The largest absolute Gasteiger partial charge is 0.309 e. The van der Waals surface area contributed by atoms with Gasteiger partial charge in [-0.3, -0.25) is 0 Å². The van der Waals surface area contributed by atoms with Gasteiger partial charge in [0.15, 0.2) is 0 Å². The van der Waals surface area contributed by atoms with E-state index in [9.17, 15) is 0 Å². The molecular weight excluding hydrogens is 260 g/mol. The molecule has 1 aromatic heterocycles. The first kappa shape index (κ1) is 15.7. The number of aromatic nitrogens is 3. The zero-order valence-electron chi connectivity index (χ0n) is 13.3. The molecule has 0 radical (unpaired) electrons. The Labute approximate surface area is 127 Å². The fourth-order valence-electron chi connectivity index (χ4n) is 2.42. The molecule has 114 valence electrons. The summed E-state index contributed by atoms with van der Waals surface area (Å²) >= 11 is 0. The van der Waals surface area contributed by atoms with Crippen LogP contribution < -0.4 is 5.32 Å². The Balaban J connectivity index is 2.21. The molecule has 0 bridgehead atoms. The van der Waals surface area contributed by atoms with E-state index in [0.717, 1.165) is 30.8 Å². The third-order valence-corrected chi connectivity index (χ3v) is 3.61. The van der Waals surface area contributed by atoms with Gasteiger partial charge >= 0.3 is 0 Å². The zero-order chi connectivity index (χ0) is 15.1. The van der Waals surface area contributed by atoms with Gasteiger partial charge in [0.25, 0.3) is 0 Å². The third kappa shape index (κ3) is 4.39. The highest BCUT2D eigenvalue weighted by molar-refractivity contribution is 5.32. The van der Waals surface area contributed by atoms with Crippen molar-refractivity contribution in [2.24, 2.45) is 5.92 Å². The lowest BCUT2D eigenvalue weighted by molar-refractivity contribution is 0.427. The molecule has 1 atom stereocenters. The molecule has 1 unspecified atom stereocenters. The molecule has 1 N–H and O–H groups in total. The van der Waals surface area contributed by atoms with E-state index in [1.165, 1.54) is 6.42 Å². The van der Waals surface area contributed by atoms with Crippen LogP contribution in [-0.2, 0) is 0 Å². The molecule has 4 nitrogen and oxygen atoms in total. The standard InChI is InChI=1S/C17H26N4/c1-4-12-18-16(11-10-14(2)3)17-13-19-20-21(17)15-8-6-5-7-9-15/h5-9,13-14,16,18H,4,10-12H2,1-3H3. The van der Waals surface area contributed by atoms with Crippen molar-refractivity contribution in [3.63, 3.8) is 0 Å². The number of benzene rings is 1. The van der Waals surface area contributed by atoms with Crippen molar-refractivity contribution < 1.29 is 0 Å². The molecule has 21 heavy (non-hydrogen) atoms. The van der Waals surface area contributed by atoms with E-state index in [1.807, 2.05) is 29.1 Å². The highest BCUT2D eigenvalue weighted by Crippen LogP contribution is 2.22. The van der Waals surface area contributed by atoms with Gasteiger partial charge in [0.05, 0.1) is 23.6 Å². The van der Waals surface area contributed by atoms with E-state index in [0.29, 0.717) is 12.0 Å². The Kier molecular flexibility index (Phi) is 5.93. The summed E-state index contributed by atoms with van der Waals surface area (Å²) in [5.41, 5.74) is 2.22. The summed E-state index contributed by atoms with van der Waals surface area (Å²) in [6.45, 7) is 7.75. The first-order valence-corrected chi connectivity index (χ1v) is 7.91. The lowest BCUT2D eigenvalue weighted by Gasteiger charge is -2.20. The Bertz CT molecular complexity index is 519. The van der Waals surface area contributed by atoms with Crippen molar-refractivity contribution in [1.29, 1.82) is 0 Å². The number of rotatable bonds is 8. The highest BCUT2D eigenvalue weighted by atomic mass is 15.4. The second-order valence-corrected chi connectivity index (χ2v) is 5.88. The summed E-state index contributed by atoms with van der Waals surface area (Å²) in [6.07, 6.45) is 5.32. The van der Waals surface area contributed by atoms with Crippen LogP contribution in [0.5, 0.6) is 0 Å². The minimum Gasteiger partial charge on any atom is -0.309 e. The molecule has 0 saturated carbocycles. The molecule has 0 saturated heterocycles. The van der Waals surface area contributed by atoms with Crippen molar-refractivity contribution in [3.8, 4) is 5.69 Å². The van der Waals surface area contributed by atoms with Crippen molar-refractivity contribution >= 4 is 0 Å². The predicted molar refractivity (Wildman–Crippen MR) is 86.5 cm³/mol. The normalized spacial score (nSPS) is 12.8. The van der Waals surface area contributed by atoms with E-state index in [1.54, 1.807) is 0 Å². The highest BCUT2D eigenvalue weighted by Gasteiger charge is 2.17. The van der Waals surface area contributed by atoms with Crippen molar-refractivity contribution in [2.45, 2.75) is 46.1 Å². The van der Waals surface area contributed by atoms with Gasteiger partial charge in [0.1, 0.15) is 0 Å². The van der Waals surface area contributed by atoms with Gasteiger partial charge in [-0.1, -0.05) is 44.2 Å². The summed E-state index contributed by atoms with van der Waals surface area (Å²) in [5, 5.41) is 12.0. The lowest BCUT2D eigenvalue weighted by atomic mass is 10.0. The summed E-state index contributed by atoms with van der Waals surface area (Å²) in [4.78, 5) is 0. The van der Waals surface area contributed by atoms with Gasteiger partial charge in [-0.15, -0.1) is 5.10 Å². The smallest absolute Gasteiger partial charge is 0.0815 e. The molecule has 1 aromatic carbocycles. The van der Waals surface area contributed by atoms with Gasteiger partial charge in [0.2, 0.25) is 0 Å². The molecule has 0 aliphatic heterocycles. The maximum atomic E-state index is 4.27. The van der Waals surface area contributed by atoms with Crippen molar-refractivity contribution in [1.82, 2.24) is 20.3 Å². The van der Waals surface area contributed by atoms with Crippen LogP contribution in [0.25, 0.3) is 5.69 Å². The molecule has 0 fully saturated rings. The number of nitrogens with one attached hydrogen (secondary N) is 1. The van der Waals surface area contributed by atoms with E-state index in [2.05, 4.69) is 48.5 Å². The predicted octanol–water partition coefficient (Wildman–Crippen LogP) is 3.74. The van der Waals surface area contributed by atoms with Gasteiger partial charge < -0.3 is 5.32 Å². The molecule has 2 rings (SSSR count). The molecule has 0 amide bonds. The number of hydrogen-bond acceptors (Lipinski definition) is 3. The van der Waals surface area contributed by atoms with E-state index in [4.69, 9.17) is 0 Å². The molecular formula is C17H26N4. The van der Waals surface area contributed by atoms with Crippen LogP contribution in [0.2, 0.25) is 0 Å². The second kappa shape index (κ2) is 7.93. The number of hydrogen-bond donors (Lipinski definition) is 1. The van der Waals surface area contributed by atoms with Crippen LogP contribution in [0.3, 0.4) is 0 Å². The van der Waals surface area contributed by atoms with Crippen LogP contribution in [0.15, 0.2) is 36.5 Å². The van der Waals surface area contributed by atoms with E-state index >= 15 is 0 Å². The lowest BCUT2D eigenvalue weighted by Crippen LogP contribution is -2.25. The van der Waals surface area contributed by atoms with Crippen LogP contribution >= 0.6 is 0 Å². The third-order valence-electron chi connectivity index (χ3n) is 3.61. The summed E-state index contributed by atoms with van der Waals surface area (Å²) in [7, 11) is 0. The van der Waals surface area contributed by atoms with Crippen LogP contribution in [0.1, 0.15) is 51.8 Å². The maximum absolute atomic E-state index is 4.27. The number of nitrogens with zero attached hydrogens (tertiary/aromatic N) is 3. The number of para-hydroxylation sites is 1. The molecule has 0 aliphatic carbocycles.